The molecule has 7 nitrogen and oxygen atoms in total. The van der Waals surface area contributed by atoms with Crippen LogP contribution in [0.25, 0.3) is 0 Å². The molecule has 0 saturated carbocycles. The molecule has 0 spiro atoms. The molecule has 20 heavy (non-hydrogen) atoms. The summed E-state index contributed by atoms with van der Waals surface area (Å²) in [6.07, 6.45) is 0.806. The zero-order valence-corrected chi connectivity index (χ0v) is 11.9. The molecular formula is C13H18N2O5. The Hall–Kier alpha value is -2.44. The van der Waals surface area contributed by atoms with Crippen LogP contribution in [0.2, 0.25) is 0 Å². The van der Waals surface area contributed by atoms with Crippen molar-refractivity contribution in [2.24, 2.45) is 5.10 Å². The molecule has 1 aromatic carbocycles. The van der Waals surface area contributed by atoms with Gasteiger partial charge in [0, 0.05) is 5.56 Å². The van der Waals surface area contributed by atoms with Crippen LogP contribution in [-0.2, 0) is 4.74 Å². The van der Waals surface area contributed by atoms with E-state index in [0.717, 1.165) is 0 Å². The number of hydrogen-bond acceptors (Lipinski definition) is 6. The number of carbonyl (C=O) groups excluding carboxylic acids is 1. The maximum absolute atomic E-state index is 11.1. The van der Waals surface area contributed by atoms with Crippen LogP contribution in [-0.4, -0.2) is 40.2 Å². The Morgan fingerprint density at radius 1 is 1.20 bits per heavy atom. The monoisotopic (exact) mass is 282 g/mol. The van der Waals surface area contributed by atoms with Gasteiger partial charge in [0.1, 0.15) is 0 Å². The normalized spacial score (nSPS) is 10.2. The van der Waals surface area contributed by atoms with Crippen LogP contribution < -0.4 is 19.6 Å². The lowest BCUT2D eigenvalue weighted by atomic mass is 10.2. The summed E-state index contributed by atoms with van der Waals surface area (Å²) in [5.74, 6) is 1.45. The van der Waals surface area contributed by atoms with Crippen molar-refractivity contribution in [3.63, 3.8) is 0 Å². The summed E-state index contributed by atoms with van der Waals surface area (Å²) in [4.78, 5) is 11.1. The highest BCUT2D eigenvalue weighted by molar-refractivity contribution is 5.86. The molecule has 0 aliphatic carbocycles. The lowest BCUT2D eigenvalue weighted by molar-refractivity contribution is 0.152. The van der Waals surface area contributed by atoms with Crippen molar-refractivity contribution in [2.75, 3.05) is 27.9 Å². The summed E-state index contributed by atoms with van der Waals surface area (Å²) < 4.78 is 20.4. The van der Waals surface area contributed by atoms with Gasteiger partial charge in [0.2, 0.25) is 5.75 Å². The van der Waals surface area contributed by atoms with Gasteiger partial charge in [0.25, 0.3) is 0 Å². The van der Waals surface area contributed by atoms with E-state index in [2.05, 4.69) is 15.3 Å². The number of amides is 1. The molecule has 0 fully saturated rings. The lowest BCUT2D eigenvalue weighted by Crippen LogP contribution is -2.18. The number of nitrogens with zero attached hydrogens (tertiary/aromatic N) is 1. The topological polar surface area (TPSA) is 78.4 Å². The fourth-order valence-corrected chi connectivity index (χ4v) is 1.54. The molecule has 1 amide bonds. The van der Waals surface area contributed by atoms with Crippen LogP contribution in [0.1, 0.15) is 12.5 Å². The molecule has 0 bridgehead atoms. The molecule has 0 atom stereocenters. The fourth-order valence-electron chi connectivity index (χ4n) is 1.54. The van der Waals surface area contributed by atoms with Gasteiger partial charge in [-0.3, -0.25) is 0 Å². The number of hydrazone groups is 1. The molecule has 0 heterocycles. The van der Waals surface area contributed by atoms with Gasteiger partial charge in [-0.05, 0) is 19.1 Å². The van der Waals surface area contributed by atoms with E-state index in [9.17, 15) is 4.79 Å². The number of carbonyl (C=O) groups is 1. The van der Waals surface area contributed by atoms with E-state index >= 15 is 0 Å². The van der Waals surface area contributed by atoms with Gasteiger partial charge in [0.05, 0.1) is 34.2 Å². The first-order valence-corrected chi connectivity index (χ1v) is 5.92. The molecule has 110 valence electrons. The predicted octanol–water partition coefficient (Wildman–Crippen LogP) is 1.79. The maximum atomic E-state index is 11.1. The largest absolute Gasteiger partial charge is 0.493 e. The summed E-state index contributed by atoms with van der Waals surface area (Å²) in [5.41, 5.74) is 2.86. The molecule has 0 radical (unpaired) electrons. The van der Waals surface area contributed by atoms with E-state index in [1.165, 1.54) is 27.5 Å². The Labute approximate surface area is 117 Å². The Kier molecular flexibility index (Phi) is 6.15. The average molecular weight is 282 g/mol. The predicted molar refractivity (Wildman–Crippen MR) is 73.8 cm³/mol. The van der Waals surface area contributed by atoms with Crippen molar-refractivity contribution in [3.05, 3.63) is 17.7 Å². The third-order valence-corrected chi connectivity index (χ3v) is 2.37. The SMILES string of the molecule is CCOC(=O)N/N=C\c1ccc(OC)c(OC)c1OC. The van der Waals surface area contributed by atoms with Crippen molar-refractivity contribution in [2.45, 2.75) is 6.92 Å². The van der Waals surface area contributed by atoms with Crippen LogP contribution in [0.5, 0.6) is 17.2 Å². The molecule has 0 aliphatic heterocycles. The molecular weight excluding hydrogens is 264 g/mol. The average Bonchev–Trinajstić information content (AvgIpc) is 2.46. The summed E-state index contributed by atoms with van der Waals surface area (Å²) in [7, 11) is 4.55. The van der Waals surface area contributed by atoms with Crippen molar-refractivity contribution in [1.82, 2.24) is 5.43 Å². The Morgan fingerprint density at radius 2 is 1.90 bits per heavy atom. The molecule has 0 aliphatic rings. The number of nitrogens with one attached hydrogen (secondary N) is 1. The number of benzene rings is 1. The minimum absolute atomic E-state index is 0.279. The van der Waals surface area contributed by atoms with Gasteiger partial charge in [-0.25, -0.2) is 10.2 Å². The molecule has 1 rings (SSSR count). The quantitative estimate of drug-likeness (QED) is 0.635. The molecule has 1 aromatic rings. The van der Waals surface area contributed by atoms with E-state index in [1.54, 1.807) is 19.1 Å². The summed E-state index contributed by atoms with van der Waals surface area (Å²) in [5, 5.41) is 3.77. The van der Waals surface area contributed by atoms with Crippen molar-refractivity contribution in [1.29, 1.82) is 0 Å². The van der Waals surface area contributed by atoms with Crippen LogP contribution in [0.15, 0.2) is 17.2 Å². The van der Waals surface area contributed by atoms with Crippen molar-refractivity contribution < 1.29 is 23.7 Å². The van der Waals surface area contributed by atoms with Crippen LogP contribution in [0.3, 0.4) is 0 Å². The Balaban J connectivity index is 2.95. The Bertz CT molecular complexity index is 488. The first kappa shape index (κ1) is 15.6. The molecule has 0 aromatic heterocycles. The highest BCUT2D eigenvalue weighted by atomic mass is 16.6. The zero-order valence-electron chi connectivity index (χ0n) is 11.9. The number of rotatable bonds is 6. The third-order valence-electron chi connectivity index (χ3n) is 2.37. The second kappa shape index (κ2) is 7.88. The van der Waals surface area contributed by atoms with Gasteiger partial charge >= 0.3 is 6.09 Å². The first-order valence-electron chi connectivity index (χ1n) is 5.92. The van der Waals surface area contributed by atoms with Crippen molar-refractivity contribution in [3.8, 4) is 17.2 Å². The summed E-state index contributed by atoms with van der Waals surface area (Å²) in [6.45, 7) is 1.99. The van der Waals surface area contributed by atoms with Gasteiger partial charge < -0.3 is 18.9 Å². The van der Waals surface area contributed by atoms with Crippen LogP contribution in [0, 0.1) is 0 Å². The van der Waals surface area contributed by atoms with E-state index in [4.69, 9.17) is 14.2 Å². The second-order valence-electron chi connectivity index (χ2n) is 3.51. The van der Waals surface area contributed by atoms with Gasteiger partial charge in [-0.1, -0.05) is 0 Å². The van der Waals surface area contributed by atoms with Crippen LogP contribution in [0.4, 0.5) is 4.79 Å². The van der Waals surface area contributed by atoms with E-state index in [-0.39, 0.29) is 6.61 Å². The zero-order chi connectivity index (χ0) is 15.0. The van der Waals surface area contributed by atoms with Gasteiger partial charge in [-0.15, -0.1) is 0 Å². The minimum atomic E-state index is -0.622. The molecule has 7 heteroatoms. The second-order valence-corrected chi connectivity index (χ2v) is 3.51. The summed E-state index contributed by atoms with van der Waals surface area (Å²) >= 11 is 0. The lowest BCUT2D eigenvalue weighted by Gasteiger charge is -2.13. The van der Waals surface area contributed by atoms with E-state index in [1.807, 2.05) is 0 Å². The maximum Gasteiger partial charge on any atom is 0.427 e. The smallest absolute Gasteiger partial charge is 0.427 e. The highest BCUT2D eigenvalue weighted by Crippen LogP contribution is 2.38. The van der Waals surface area contributed by atoms with Gasteiger partial charge in [-0.2, -0.15) is 5.10 Å². The fraction of sp³-hybridized carbons (Fsp3) is 0.385. The number of ether oxygens (including phenoxy) is 4. The van der Waals surface area contributed by atoms with E-state index < -0.39 is 6.09 Å². The highest BCUT2D eigenvalue weighted by Gasteiger charge is 2.14. The Morgan fingerprint density at radius 3 is 2.45 bits per heavy atom. The van der Waals surface area contributed by atoms with E-state index in [0.29, 0.717) is 22.8 Å². The number of hydrogen-bond donors (Lipinski definition) is 1. The van der Waals surface area contributed by atoms with Crippen molar-refractivity contribution >= 4 is 12.3 Å². The minimum Gasteiger partial charge on any atom is -0.493 e. The number of methoxy groups -OCH3 is 3. The molecule has 1 N–H and O–H groups in total. The van der Waals surface area contributed by atoms with Gasteiger partial charge in [0.15, 0.2) is 11.5 Å². The van der Waals surface area contributed by atoms with Crippen LogP contribution >= 0.6 is 0 Å². The summed E-state index contributed by atoms with van der Waals surface area (Å²) in [6, 6.07) is 3.45. The molecule has 0 unspecified atom stereocenters. The molecule has 0 saturated heterocycles. The first-order chi connectivity index (χ1) is 9.67. The third kappa shape index (κ3) is 3.78. The standard InChI is InChI=1S/C13H18N2O5/c1-5-20-13(16)15-14-8-9-6-7-10(17-2)12(19-4)11(9)18-3/h6-8H,5H2,1-4H3,(H,15,16)/b14-8-.